The summed E-state index contributed by atoms with van der Waals surface area (Å²) in [6, 6.07) is 6.07. The molecule has 3 N–H and O–H groups in total. The van der Waals surface area contributed by atoms with E-state index in [0.717, 1.165) is 16.9 Å². The van der Waals surface area contributed by atoms with E-state index >= 15 is 0 Å². The fraction of sp³-hybridized carbons (Fsp3) is 0.462. The maximum Gasteiger partial charge on any atom is 0.177 e. The molecule has 0 bridgehead atoms. The highest BCUT2D eigenvalue weighted by Crippen LogP contribution is 2.31. The normalized spacial score (nSPS) is 12.6. The summed E-state index contributed by atoms with van der Waals surface area (Å²) >= 11 is 0. The van der Waals surface area contributed by atoms with Gasteiger partial charge in [-0.3, -0.25) is 0 Å². The number of benzene rings is 1. The van der Waals surface area contributed by atoms with Gasteiger partial charge in [0.15, 0.2) is 5.84 Å². The van der Waals surface area contributed by atoms with Crippen LogP contribution in [0.5, 0.6) is 5.75 Å². The lowest BCUT2D eigenvalue weighted by molar-refractivity contribution is 0.304. The lowest BCUT2D eigenvalue weighted by atomic mass is 9.86. The van der Waals surface area contributed by atoms with Gasteiger partial charge in [-0.25, -0.2) is 0 Å². The van der Waals surface area contributed by atoms with Crippen molar-refractivity contribution in [3.8, 4) is 5.75 Å². The van der Waals surface area contributed by atoms with Gasteiger partial charge in [0, 0.05) is 0 Å². The Morgan fingerprint density at radius 2 is 2.06 bits per heavy atom. The average molecular weight is 236 g/mol. The highest BCUT2D eigenvalue weighted by molar-refractivity contribution is 5.81. The van der Waals surface area contributed by atoms with E-state index in [2.05, 4.69) is 38.1 Å². The summed E-state index contributed by atoms with van der Waals surface area (Å²) in [5.74, 6) is 0.843. The predicted octanol–water partition coefficient (Wildman–Crippen LogP) is 2.42. The molecular weight excluding hydrogens is 216 g/mol. The van der Waals surface area contributed by atoms with Gasteiger partial charge >= 0.3 is 0 Å². The van der Waals surface area contributed by atoms with Gasteiger partial charge < -0.3 is 15.7 Å². The molecule has 0 aromatic heterocycles. The predicted molar refractivity (Wildman–Crippen MR) is 68.8 cm³/mol. The lowest BCUT2D eigenvalue weighted by Crippen LogP contribution is -2.22. The second kappa shape index (κ2) is 5.08. The minimum Gasteiger partial charge on any atom is -0.485 e. The minimum absolute atomic E-state index is 0.00580. The summed E-state index contributed by atoms with van der Waals surface area (Å²) in [4.78, 5) is 0. The molecule has 0 amide bonds. The van der Waals surface area contributed by atoms with Crippen LogP contribution in [-0.2, 0) is 5.41 Å². The Hall–Kier alpha value is -1.71. The maximum atomic E-state index is 8.48. The summed E-state index contributed by atoms with van der Waals surface area (Å²) in [5.41, 5.74) is 7.61. The van der Waals surface area contributed by atoms with Gasteiger partial charge in [-0.15, -0.1) is 0 Å². The molecular formula is C13H20N2O2. The molecule has 4 heteroatoms. The van der Waals surface area contributed by atoms with Crippen LogP contribution in [0.1, 0.15) is 31.9 Å². The van der Waals surface area contributed by atoms with E-state index in [-0.39, 0.29) is 17.9 Å². The molecule has 0 heterocycles. The van der Waals surface area contributed by atoms with Gasteiger partial charge in [0.05, 0.1) is 0 Å². The number of hydrogen-bond donors (Lipinski definition) is 2. The van der Waals surface area contributed by atoms with Crippen molar-refractivity contribution in [2.75, 3.05) is 6.61 Å². The Bertz CT molecular complexity index is 420. The number of aryl methyl sites for hydroxylation is 1. The summed E-state index contributed by atoms with van der Waals surface area (Å²) in [6.45, 7) is 8.45. The molecule has 1 aromatic rings. The Balaban J connectivity index is 3.00. The zero-order valence-electron chi connectivity index (χ0n) is 10.8. The number of nitrogens with two attached hydrogens (primary N) is 1. The third-order valence-electron chi connectivity index (χ3n) is 2.45. The smallest absolute Gasteiger partial charge is 0.177 e. The number of ether oxygens (including phenoxy) is 1. The van der Waals surface area contributed by atoms with Gasteiger partial charge in [-0.1, -0.05) is 38.1 Å². The zero-order valence-corrected chi connectivity index (χ0v) is 10.8. The SMILES string of the molecule is Cc1ccc(C(C)(C)C)c(OC/C(N)=N/O)c1. The molecule has 17 heavy (non-hydrogen) atoms. The Morgan fingerprint density at radius 3 is 2.59 bits per heavy atom. The molecule has 0 aliphatic heterocycles. The van der Waals surface area contributed by atoms with Gasteiger partial charge in [0.2, 0.25) is 0 Å². The monoisotopic (exact) mass is 236 g/mol. The lowest BCUT2D eigenvalue weighted by Gasteiger charge is -2.23. The first kappa shape index (κ1) is 13.4. The number of rotatable bonds is 3. The van der Waals surface area contributed by atoms with Crippen molar-refractivity contribution in [1.82, 2.24) is 0 Å². The highest BCUT2D eigenvalue weighted by atomic mass is 16.5. The quantitative estimate of drug-likeness (QED) is 0.366. The second-order valence-corrected chi connectivity index (χ2v) is 5.13. The molecule has 0 unspecified atom stereocenters. The molecule has 1 rings (SSSR count). The van der Waals surface area contributed by atoms with Gasteiger partial charge in [-0.2, -0.15) is 0 Å². The van der Waals surface area contributed by atoms with Gasteiger partial charge in [-0.05, 0) is 29.5 Å². The summed E-state index contributed by atoms with van der Waals surface area (Å²) in [6.07, 6.45) is 0. The summed E-state index contributed by atoms with van der Waals surface area (Å²) < 4.78 is 5.58. The van der Waals surface area contributed by atoms with Crippen LogP contribution in [0.15, 0.2) is 23.4 Å². The van der Waals surface area contributed by atoms with E-state index in [1.54, 1.807) is 0 Å². The van der Waals surface area contributed by atoms with Crippen LogP contribution in [-0.4, -0.2) is 17.6 Å². The zero-order chi connectivity index (χ0) is 13.1. The van der Waals surface area contributed by atoms with Crippen LogP contribution < -0.4 is 10.5 Å². The molecule has 0 saturated carbocycles. The third kappa shape index (κ3) is 3.66. The van der Waals surface area contributed by atoms with Crippen molar-refractivity contribution in [2.45, 2.75) is 33.1 Å². The van der Waals surface area contributed by atoms with E-state index < -0.39 is 0 Å². The van der Waals surface area contributed by atoms with Crippen molar-refractivity contribution in [1.29, 1.82) is 0 Å². The fourth-order valence-corrected chi connectivity index (χ4v) is 1.55. The first-order chi connectivity index (χ1) is 7.84. The summed E-state index contributed by atoms with van der Waals surface area (Å²) in [7, 11) is 0. The largest absolute Gasteiger partial charge is 0.485 e. The number of hydrogen-bond acceptors (Lipinski definition) is 3. The topological polar surface area (TPSA) is 67.8 Å². The second-order valence-electron chi connectivity index (χ2n) is 5.13. The Labute approximate surface area is 102 Å². The average Bonchev–Trinajstić information content (AvgIpc) is 2.24. The molecule has 0 radical (unpaired) electrons. The maximum absolute atomic E-state index is 8.48. The molecule has 0 aliphatic carbocycles. The van der Waals surface area contributed by atoms with Crippen molar-refractivity contribution < 1.29 is 9.94 Å². The van der Waals surface area contributed by atoms with E-state index in [9.17, 15) is 0 Å². The Morgan fingerprint density at radius 1 is 1.41 bits per heavy atom. The molecule has 94 valence electrons. The van der Waals surface area contributed by atoms with Crippen molar-refractivity contribution >= 4 is 5.84 Å². The van der Waals surface area contributed by atoms with Crippen LogP contribution >= 0.6 is 0 Å². The number of nitrogens with zero attached hydrogens (tertiary/aromatic N) is 1. The van der Waals surface area contributed by atoms with Gasteiger partial charge in [0.25, 0.3) is 0 Å². The molecule has 0 fully saturated rings. The van der Waals surface area contributed by atoms with Crippen molar-refractivity contribution in [3.05, 3.63) is 29.3 Å². The Kier molecular flexibility index (Phi) is 3.99. The van der Waals surface area contributed by atoms with Gasteiger partial charge in [0.1, 0.15) is 12.4 Å². The molecule has 4 nitrogen and oxygen atoms in total. The summed E-state index contributed by atoms with van der Waals surface area (Å²) in [5, 5.41) is 11.4. The van der Waals surface area contributed by atoms with Crippen LogP contribution in [0.3, 0.4) is 0 Å². The standard InChI is InChI=1S/C13H20N2O2/c1-9-5-6-10(13(2,3)4)11(7-9)17-8-12(14)15-16/h5-7,16H,8H2,1-4H3,(H2,14,15). The van der Waals surface area contributed by atoms with Crippen LogP contribution in [0.25, 0.3) is 0 Å². The molecule has 0 aliphatic rings. The van der Waals surface area contributed by atoms with E-state index in [1.807, 2.05) is 13.0 Å². The van der Waals surface area contributed by atoms with Crippen molar-refractivity contribution in [2.24, 2.45) is 10.9 Å². The molecule has 0 saturated heterocycles. The number of amidine groups is 1. The van der Waals surface area contributed by atoms with Crippen LogP contribution in [0.4, 0.5) is 0 Å². The van der Waals surface area contributed by atoms with Crippen molar-refractivity contribution in [3.63, 3.8) is 0 Å². The third-order valence-corrected chi connectivity index (χ3v) is 2.45. The molecule has 0 atom stereocenters. The van der Waals surface area contributed by atoms with Crippen LogP contribution in [0, 0.1) is 6.92 Å². The highest BCUT2D eigenvalue weighted by Gasteiger charge is 2.19. The molecule has 0 spiro atoms. The van der Waals surface area contributed by atoms with E-state index in [0.29, 0.717) is 0 Å². The first-order valence-corrected chi connectivity index (χ1v) is 5.55. The first-order valence-electron chi connectivity index (χ1n) is 5.55. The molecule has 1 aromatic carbocycles. The van der Waals surface area contributed by atoms with Crippen LogP contribution in [0.2, 0.25) is 0 Å². The fourth-order valence-electron chi connectivity index (χ4n) is 1.55. The van der Waals surface area contributed by atoms with E-state index in [1.165, 1.54) is 0 Å². The van der Waals surface area contributed by atoms with E-state index in [4.69, 9.17) is 15.7 Å². The minimum atomic E-state index is -0.00580. The number of oxime groups is 1.